The summed E-state index contributed by atoms with van der Waals surface area (Å²) >= 11 is 0. The van der Waals surface area contributed by atoms with E-state index in [1.807, 2.05) is 6.92 Å². The number of carboxylic acid groups (broad SMARTS) is 1. The third-order valence-electron chi connectivity index (χ3n) is 2.48. The van der Waals surface area contributed by atoms with Crippen LogP contribution in [0.4, 0.5) is 0 Å². The van der Waals surface area contributed by atoms with Crippen LogP contribution < -0.4 is 10.2 Å². The first-order chi connectivity index (χ1) is 12.2. The first kappa shape index (κ1) is 33.9. The Morgan fingerprint density at radius 3 is 1.15 bits per heavy atom. The zero-order valence-electron chi connectivity index (χ0n) is 20.4. The van der Waals surface area contributed by atoms with Gasteiger partial charge in [-0.15, -0.1) is 6.61 Å². The average molecular weight is 393 g/mol. The molecule has 0 aromatic carbocycles. The minimum Gasteiger partial charge on any atom is -0.854 e. The number of carboxylic acids is 1. The zero-order valence-corrected chi connectivity index (χ0v) is 20.4. The smallest absolute Gasteiger partial charge is 0.0675 e. The molecule has 5 nitrogen and oxygen atoms in total. The minimum absolute atomic E-state index is 0.0938. The van der Waals surface area contributed by atoms with E-state index in [0.717, 1.165) is 34.6 Å². The second-order valence-corrected chi connectivity index (χ2v) is 9.67. The summed E-state index contributed by atoms with van der Waals surface area (Å²) in [5.74, 6) is -0.913. The number of carbonyl (C=O) groups is 1. The predicted molar refractivity (Wildman–Crippen MR) is 115 cm³/mol. The lowest BCUT2D eigenvalue weighted by Gasteiger charge is -2.14. The molecule has 0 spiro atoms. The normalized spacial score (nSPS) is 10.5. The Hall–Kier alpha value is -0.650. The molecule has 0 heterocycles. The van der Waals surface area contributed by atoms with E-state index in [1.54, 1.807) is 0 Å². The second kappa shape index (κ2) is 23.4. The molecule has 0 unspecified atom stereocenters. The van der Waals surface area contributed by atoms with Gasteiger partial charge in [0.25, 0.3) is 0 Å². The Kier molecular flexibility index (Phi) is 29.4. The number of carbonyl (C=O) groups excluding carboxylic acids is 1. The highest BCUT2D eigenvalue weighted by Crippen LogP contribution is 2.07. The van der Waals surface area contributed by atoms with E-state index in [0.29, 0.717) is 0 Å². The van der Waals surface area contributed by atoms with Gasteiger partial charge in [0.1, 0.15) is 0 Å². The molecule has 0 saturated carbocycles. The van der Waals surface area contributed by atoms with E-state index in [1.165, 1.54) is 32.1 Å². The lowest BCUT2D eigenvalue weighted by molar-refractivity contribution is -0.849. The van der Waals surface area contributed by atoms with Crippen LogP contribution in [0.25, 0.3) is 0 Å². The van der Waals surface area contributed by atoms with Crippen LogP contribution in [-0.2, 0) is 4.79 Å². The number of rotatable bonds is 10. The van der Waals surface area contributed by atoms with E-state index in [2.05, 4.69) is 63.3 Å². The van der Waals surface area contributed by atoms with Crippen LogP contribution in [0.15, 0.2) is 0 Å². The number of hydrogen-bond acceptors (Lipinski definition) is 3. The van der Waals surface area contributed by atoms with Crippen molar-refractivity contribution in [2.24, 2.45) is 0 Å². The minimum atomic E-state index is -0.913. The van der Waals surface area contributed by atoms with E-state index in [9.17, 15) is 15.0 Å². The zero-order chi connectivity index (χ0) is 22.4. The highest BCUT2D eigenvalue weighted by Gasteiger charge is 1.91. The maximum absolute atomic E-state index is 10.0. The van der Waals surface area contributed by atoms with E-state index in [4.69, 9.17) is 0 Å². The summed E-state index contributed by atoms with van der Waals surface area (Å²) in [4.78, 5) is 10.0. The van der Waals surface area contributed by atoms with Gasteiger partial charge in [0.2, 0.25) is 0 Å². The number of unbranched alkanes of at least 4 members (excludes halogenated alkanes) is 7. The van der Waals surface area contributed by atoms with Gasteiger partial charge in [-0.1, -0.05) is 65.2 Å². The van der Waals surface area contributed by atoms with Crippen LogP contribution in [0.3, 0.4) is 0 Å². The van der Waals surface area contributed by atoms with Gasteiger partial charge in [-0.05, 0) is 12.8 Å². The SMILES string of the molecule is CCCCCCCCCC(=O)[O-].CCCC[O-].C[N+](C)(C)C.C[N+](C)(C)C. The monoisotopic (exact) mass is 392 g/mol. The lowest BCUT2D eigenvalue weighted by atomic mass is 10.1. The van der Waals surface area contributed by atoms with Gasteiger partial charge in [-0.25, -0.2) is 0 Å². The van der Waals surface area contributed by atoms with Crippen molar-refractivity contribution in [3.05, 3.63) is 0 Å². The predicted octanol–water partition coefficient (Wildman–Crippen LogP) is 2.67. The Morgan fingerprint density at radius 2 is 0.926 bits per heavy atom. The van der Waals surface area contributed by atoms with E-state index in [-0.39, 0.29) is 13.0 Å². The Balaban J connectivity index is -0.000000147. The van der Waals surface area contributed by atoms with Crippen LogP contribution in [-0.4, -0.2) is 77.9 Å². The molecular formula is C22H52N2O3. The lowest BCUT2D eigenvalue weighted by Crippen LogP contribution is -2.27. The van der Waals surface area contributed by atoms with E-state index < -0.39 is 5.97 Å². The molecule has 0 saturated heterocycles. The maximum Gasteiger partial charge on any atom is 0.0675 e. The van der Waals surface area contributed by atoms with Gasteiger partial charge in [0.05, 0.1) is 56.4 Å². The fourth-order valence-electron chi connectivity index (χ4n) is 1.37. The molecule has 5 heteroatoms. The molecule has 0 atom stereocenters. The van der Waals surface area contributed by atoms with Gasteiger partial charge in [-0.3, -0.25) is 0 Å². The highest BCUT2D eigenvalue weighted by atomic mass is 16.4. The second-order valence-electron chi connectivity index (χ2n) is 9.67. The summed E-state index contributed by atoms with van der Waals surface area (Å²) < 4.78 is 2.00. The molecule has 0 radical (unpaired) electrons. The topological polar surface area (TPSA) is 63.2 Å². The van der Waals surface area contributed by atoms with Crippen molar-refractivity contribution in [2.45, 2.75) is 78.1 Å². The highest BCUT2D eigenvalue weighted by molar-refractivity contribution is 5.63. The molecular weight excluding hydrogens is 340 g/mol. The third kappa shape index (κ3) is 129. The number of aliphatic carboxylic acids is 1. The molecule has 0 bridgehead atoms. The van der Waals surface area contributed by atoms with Gasteiger partial charge >= 0.3 is 0 Å². The van der Waals surface area contributed by atoms with Crippen LogP contribution >= 0.6 is 0 Å². The Morgan fingerprint density at radius 1 is 0.630 bits per heavy atom. The van der Waals surface area contributed by atoms with Crippen molar-refractivity contribution in [3.63, 3.8) is 0 Å². The van der Waals surface area contributed by atoms with Gasteiger partial charge in [0, 0.05) is 5.97 Å². The summed E-state index contributed by atoms with van der Waals surface area (Å²) in [7, 11) is 17.0. The van der Waals surface area contributed by atoms with Crippen molar-refractivity contribution in [3.8, 4) is 0 Å². The Bertz CT molecular complexity index is 256. The largest absolute Gasteiger partial charge is 0.854 e. The van der Waals surface area contributed by atoms with Crippen molar-refractivity contribution < 1.29 is 24.0 Å². The van der Waals surface area contributed by atoms with Crippen molar-refractivity contribution in [1.82, 2.24) is 0 Å². The summed E-state index contributed by atoms with van der Waals surface area (Å²) in [5.41, 5.74) is 0. The van der Waals surface area contributed by atoms with Crippen molar-refractivity contribution in [2.75, 3.05) is 63.0 Å². The molecule has 0 amide bonds. The average Bonchev–Trinajstić information content (AvgIpc) is 2.44. The van der Waals surface area contributed by atoms with Crippen molar-refractivity contribution >= 4 is 5.97 Å². The van der Waals surface area contributed by atoms with Crippen molar-refractivity contribution in [1.29, 1.82) is 0 Å². The van der Waals surface area contributed by atoms with Crippen LogP contribution in [0, 0.1) is 0 Å². The van der Waals surface area contributed by atoms with E-state index >= 15 is 0 Å². The van der Waals surface area contributed by atoms with Crippen LogP contribution in [0.2, 0.25) is 0 Å². The fourth-order valence-corrected chi connectivity index (χ4v) is 1.37. The summed E-state index contributed by atoms with van der Waals surface area (Å²) in [6.45, 7) is 4.30. The van der Waals surface area contributed by atoms with Gasteiger partial charge < -0.3 is 24.0 Å². The number of hydrogen-bond donors (Lipinski definition) is 0. The molecule has 0 aromatic heterocycles. The third-order valence-corrected chi connectivity index (χ3v) is 2.48. The van der Waals surface area contributed by atoms with Gasteiger partial charge in [0.15, 0.2) is 0 Å². The molecule has 0 aliphatic rings. The molecule has 0 N–H and O–H groups in total. The van der Waals surface area contributed by atoms with Crippen LogP contribution in [0.1, 0.15) is 78.1 Å². The quantitative estimate of drug-likeness (QED) is 0.424. The molecule has 0 rings (SSSR count). The van der Waals surface area contributed by atoms with Gasteiger partial charge in [-0.2, -0.15) is 0 Å². The first-order valence-electron chi connectivity index (χ1n) is 10.5. The summed E-state index contributed by atoms with van der Waals surface area (Å²) in [6.07, 6.45) is 10.2. The molecule has 168 valence electrons. The first-order valence-corrected chi connectivity index (χ1v) is 10.5. The molecule has 0 aliphatic heterocycles. The summed E-state index contributed by atoms with van der Waals surface area (Å²) in [5, 5.41) is 19.6. The number of quaternary nitrogens is 2. The molecule has 0 aromatic rings. The standard InChI is InChI=1S/C10H20O2.2C4H12N.C4H9O/c1-2-3-4-5-6-7-8-9-10(11)12;2*1-5(2,3)4;1-2-3-4-5/h2-9H2,1H3,(H,11,12);2*1-4H3;2-4H2,1H3/q;2*+1;-1/p-1. The summed E-state index contributed by atoms with van der Waals surface area (Å²) in [6, 6.07) is 0. The maximum atomic E-state index is 10.0. The molecule has 0 aliphatic carbocycles. The fraction of sp³-hybridized carbons (Fsp3) is 0.955. The number of nitrogens with zero attached hydrogens (tertiary/aromatic N) is 2. The molecule has 27 heavy (non-hydrogen) atoms. The molecule has 0 fully saturated rings. The Labute approximate surface area is 171 Å². The van der Waals surface area contributed by atoms with Crippen LogP contribution in [0.5, 0.6) is 0 Å².